The van der Waals surface area contributed by atoms with Crippen LogP contribution in [0.3, 0.4) is 0 Å². The predicted octanol–water partition coefficient (Wildman–Crippen LogP) is 2.61. The fourth-order valence-electron chi connectivity index (χ4n) is 3.30. The second-order valence-electron chi connectivity index (χ2n) is 7.30. The summed E-state index contributed by atoms with van der Waals surface area (Å²) < 4.78 is 25.5. The van der Waals surface area contributed by atoms with Crippen LogP contribution in [0.4, 0.5) is 5.82 Å². The van der Waals surface area contributed by atoms with E-state index >= 15 is 0 Å². The van der Waals surface area contributed by atoms with E-state index in [9.17, 15) is 13.2 Å². The monoisotopic (exact) mass is 448 g/mol. The number of nitrogens with one attached hydrogen (secondary N) is 1. The van der Waals surface area contributed by atoms with Gasteiger partial charge in [0.1, 0.15) is 5.52 Å². The highest BCUT2D eigenvalue weighted by Crippen LogP contribution is 2.39. The number of aromatic nitrogens is 5. The van der Waals surface area contributed by atoms with Crippen molar-refractivity contribution in [3.05, 3.63) is 45.9 Å². The van der Waals surface area contributed by atoms with Gasteiger partial charge in [-0.25, -0.2) is 18.4 Å². The van der Waals surface area contributed by atoms with Crippen LogP contribution in [0, 0.1) is 5.92 Å². The molecule has 1 aliphatic carbocycles. The normalized spacial score (nSPS) is 15.3. The molecule has 0 saturated heterocycles. The molecule has 0 amide bonds. The van der Waals surface area contributed by atoms with Gasteiger partial charge in [0.25, 0.3) is 5.56 Å². The summed E-state index contributed by atoms with van der Waals surface area (Å²) in [5.74, 6) is 0.593. The van der Waals surface area contributed by atoms with Gasteiger partial charge < -0.3 is 5.32 Å². The molecule has 3 aromatic rings. The highest BCUT2D eigenvalue weighted by Gasteiger charge is 2.31. The lowest BCUT2D eigenvalue weighted by Crippen LogP contribution is -2.29. The number of sulfone groups is 1. The summed E-state index contributed by atoms with van der Waals surface area (Å²) in [6.07, 6.45) is 4.95. The molecule has 0 aromatic carbocycles. The lowest BCUT2D eigenvalue weighted by Gasteiger charge is -2.18. The Labute approximate surface area is 178 Å². The first-order valence-corrected chi connectivity index (χ1v) is 11.7. The lowest BCUT2D eigenvalue weighted by atomic mass is 10.2. The highest BCUT2D eigenvalue weighted by atomic mass is 35.5. The molecule has 1 aliphatic rings. The van der Waals surface area contributed by atoms with Crippen LogP contribution in [0.2, 0.25) is 5.28 Å². The van der Waals surface area contributed by atoms with Gasteiger partial charge in [-0.2, -0.15) is 4.98 Å². The number of hydrogen-bond acceptors (Lipinski definition) is 8. The van der Waals surface area contributed by atoms with Crippen LogP contribution < -0.4 is 10.9 Å². The van der Waals surface area contributed by atoms with Crippen molar-refractivity contribution in [3.63, 3.8) is 0 Å². The van der Waals surface area contributed by atoms with Crippen LogP contribution in [0.5, 0.6) is 0 Å². The molecule has 0 radical (unpaired) electrons. The van der Waals surface area contributed by atoms with Crippen molar-refractivity contribution >= 4 is 38.4 Å². The Bertz CT molecular complexity index is 1260. The molecular weight excluding hydrogens is 428 g/mol. The molecule has 30 heavy (non-hydrogen) atoms. The second kappa shape index (κ2) is 7.92. The van der Waals surface area contributed by atoms with E-state index < -0.39 is 9.84 Å². The average Bonchev–Trinajstić information content (AvgIpc) is 3.58. The Kier molecular flexibility index (Phi) is 5.46. The minimum absolute atomic E-state index is 0.0120. The summed E-state index contributed by atoms with van der Waals surface area (Å²) in [4.78, 5) is 30.1. The third-order valence-electron chi connectivity index (χ3n) is 5.29. The minimum atomic E-state index is -3.31. The molecule has 1 N–H and O–H groups in total. The van der Waals surface area contributed by atoms with Gasteiger partial charge in [-0.15, -0.1) is 0 Å². The zero-order valence-corrected chi connectivity index (χ0v) is 18.1. The maximum Gasteiger partial charge on any atom is 0.295 e. The summed E-state index contributed by atoms with van der Waals surface area (Å²) in [7, 11) is -3.31. The average molecular weight is 449 g/mol. The quantitative estimate of drug-likeness (QED) is 0.547. The number of hydrogen-bond donors (Lipinski definition) is 1. The lowest BCUT2D eigenvalue weighted by molar-refractivity contribution is 0.482. The molecule has 0 bridgehead atoms. The standard InChI is InChI=1S/C19H21ClN6O3S/c1-3-30(28,29)14-7-6-13(21-9-14)8-22-16-18(27)26(11(2)12-4-5-12)17-15(24-16)10-23-19(20)25-17/h6-7,9-12H,3-5,8H2,1-2H3,(H,22,24)/t11-/m1/s1. The van der Waals surface area contributed by atoms with E-state index in [1.54, 1.807) is 17.6 Å². The third kappa shape index (κ3) is 4.01. The van der Waals surface area contributed by atoms with E-state index in [0.717, 1.165) is 12.8 Å². The van der Waals surface area contributed by atoms with Crippen molar-refractivity contribution in [2.75, 3.05) is 11.1 Å². The summed E-state index contributed by atoms with van der Waals surface area (Å²) >= 11 is 5.95. The maximum atomic E-state index is 13.1. The first-order chi connectivity index (χ1) is 14.3. The number of halogens is 1. The molecule has 158 valence electrons. The van der Waals surface area contributed by atoms with Crippen LogP contribution >= 0.6 is 11.6 Å². The smallest absolute Gasteiger partial charge is 0.295 e. The minimum Gasteiger partial charge on any atom is -0.360 e. The van der Waals surface area contributed by atoms with Gasteiger partial charge in [-0.1, -0.05) is 6.92 Å². The SMILES string of the molecule is CCS(=O)(=O)c1ccc(CNc2nc3cnc(Cl)nc3n([C@H](C)C3CC3)c2=O)nc1. The van der Waals surface area contributed by atoms with E-state index in [-0.39, 0.29) is 39.9 Å². The topological polar surface area (TPSA) is 120 Å². The van der Waals surface area contributed by atoms with E-state index in [2.05, 4.69) is 25.3 Å². The summed E-state index contributed by atoms with van der Waals surface area (Å²) in [5, 5.41) is 3.08. The van der Waals surface area contributed by atoms with Gasteiger partial charge >= 0.3 is 0 Å². The Morgan fingerprint density at radius 2 is 2.00 bits per heavy atom. The molecule has 0 aliphatic heterocycles. The molecule has 1 fully saturated rings. The van der Waals surface area contributed by atoms with E-state index in [1.807, 2.05) is 6.92 Å². The molecule has 11 heteroatoms. The summed E-state index contributed by atoms with van der Waals surface area (Å²) in [5.41, 5.74) is 1.17. The van der Waals surface area contributed by atoms with Crippen molar-refractivity contribution in [2.45, 2.75) is 44.2 Å². The zero-order valence-electron chi connectivity index (χ0n) is 16.5. The molecule has 0 spiro atoms. The molecule has 3 heterocycles. The van der Waals surface area contributed by atoms with Gasteiger partial charge in [0, 0.05) is 12.2 Å². The first kappa shape index (κ1) is 20.7. The van der Waals surface area contributed by atoms with E-state index in [0.29, 0.717) is 22.8 Å². The number of rotatable bonds is 7. The van der Waals surface area contributed by atoms with Crippen molar-refractivity contribution in [3.8, 4) is 0 Å². The van der Waals surface area contributed by atoms with Crippen LogP contribution in [0.25, 0.3) is 11.2 Å². The Balaban J connectivity index is 1.65. The van der Waals surface area contributed by atoms with Crippen LogP contribution in [-0.2, 0) is 16.4 Å². The van der Waals surface area contributed by atoms with Crippen LogP contribution in [-0.4, -0.2) is 38.7 Å². The molecule has 3 aromatic heterocycles. The highest BCUT2D eigenvalue weighted by molar-refractivity contribution is 7.91. The summed E-state index contributed by atoms with van der Waals surface area (Å²) in [6, 6.07) is 3.09. The van der Waals surface area contributed by atoms with E-state index in [4.69, 9.17) is 11.6 Å². The molecule has 0 unspecified atom stereocenters. The van der Waals surface area contributed by atoms with Gasteiger partial charge in [-0.05, 0) is 49.4 Å². The first-order valence-electron chi connectivity index (χ1n) is 9.66. The van der Waals surface area contributed by atoms with Crippen molar-refractivity contribution in [1.29, 1.82) is 0 Å². The Morgan fingerprint density at radius 3 is 2.63 bits per heavy atom. The Morgan fingerprint density at radius 1 is 1.23 bits per heavy atom. The molecule has 1 atom stereocenters. The molecule has 9 nitrogen and oxygen atoms in total. The van der Waals surface area contributed by atoms with Crippen molar-refractivity contribution in [1.82, 2.24) is 24.5 Å². The van der Waals surface area contributed by atoms with Gasteiger partial charge in [0.05, 0.1) is 29.1 Å². The number of anilines is 1. The van der Waals surface area contributed by atoms with Gasteiger partial charge in [0.15, 0.2) is 21.3 Å². The second-order valence-corrected chi connectivity index (χ2v) is 9.92. The van der Waals surface area contributed by atoms with Gasteiger partial charge in [-0.3, -0.25) is 14.3 Å². The molecule has 1 saturated carbocycles. The number of nitrogens with zero attached hydrogens (tertiary/aromatic N) is 5. The van der Waals surface area contributed by atoms with Crippen LogP contribution in [0.15, 0.2) is 34.2 Å². The zero-order chi connectivity index (χ0) is 21.5. The summed E-state index contributed by atoms with van der Waals surface area (Å²) in [6.45, 7) is 3.79. The van der Waals surface area contributed by atoms with Crippen molar-refractivity contribution < 1.29 is 8.42 Å². The molecular formula is C19H21ClN6O3S. The Hall–Kier alpha value is -2.59. The maximum absolute atomic E-state index is 13.1. The largest absolute Gasteiger partial charge is 0.360 e. The fraction of sp³-hybridized carbons (Fsp3) is 0.421. The number of fused-ring (bicyclic) bond motifs is 1. The van der Waals surface area contributed by atoms with Crippen LogP contribution in [0.1, 0.15) is 38.4 Å². The molecule has 4 rings (SSSR count). The fourth-order valence-corrected chi connectivity index (χ4v) is 4.25. The third-order valence-corrected chi connectivity index (χ3v) is 7.19. The number of pyridine rings is 1. The van der Waals surface area contributed by atoms with Crippen molar-refractivity contribution in [2.24, 2.45) is 5.92 Å². The van der Waals surface area contributed by atoms with Gasteiger partial charge in [0.2, 0.25) is 5.28 Å². The van der Waals surface area contributed by atoms with E-state index in [1.165, 1.54) is 18.5 Å². The predicted molar refractivity (Wildman–Crippen MR) is 113 cm³/mol.